The lowest BCUT2D eigenvalue weighted by Crippen LogP contribution is -2.32. The Kier molecular flexibility index (Phi) is 4.01. The number of hydrogen-bond acceptors (Lipinski definition) is 4. The summed E-state index contributed by atoms with van der Waals surface area (Å²) in [5.41, 5.74) is 2.50. The van der Waals surface area contributed by atoms with Crippen LogP contribution < -0.4 is 5.32 Å². The van der Waals surface area contributed by atoms with Crippen LogP contribution in [0.15, 0.2) is 18.6 Å². The zero-order valence-corrected chi connectivity index (χ0v) is 13.0. The number of aromatic nitrogens is 4. The molecule has 3 rings (SSSR count). The molecule has 0 saturated heterocycles. The third-order valence-electron chi connectivity index (χ3n) is 4.09. The van der Waals surface area contributed by atoms with E-state index in [-0.39, 0.29) is 0 Å². The number of rotatable bonds is 4. The normalized spacial score (nSPS) is 18.0. The molecule has 0 aromatic carbocycles. The zero-order chi connectivity index (χ0) is 14.8. The maximum Gasteiger partial charge on any atom is 0.196 e. The van der Waals surface area contributed by atoms with Crippen molar-refractivity contribution in [2.24, 2.45) is 13.0 Å². The Bertz CT molecular complexity index is 617. The molecule has 5 nitrogen and oxygen atoms in total. The molecule has 0 saturated carbocycles. The third kappa shape index (κ3) is 3.13. The lowest BCUT2D eigenvalue weighted by Gasteiger charge is -2.25. The smallest absolute Gasteiger partial charge is 0.196 e. The molecule has 0 bridgehead atoms. The molecule has 1 aliphatic rings. The van der Waals surface area contributed by atoms with Crippen molar-refractivity contribution in [3.05, 3.63) is 29.8 Å². The molecule has 0 fully saturated rings. The monoisotopic (exact) mass is 285 g/mol. The first-order valence-corrected chi connectivity index (χ1v) is 7.69. The summed E-state index contributed by atoms with van der Waals surface area (Å²) in [5, 5.41) is 3.53. The van der Waals surface area contributed by atoms with Crippen LogP contribution in [0.2, 0.25) is 0 Å². The second-order valence-corrected chi connectivity index (χ2v) is 6.20. The molecule has 2 aromatic heterocycles. The minimum absolute atomic E-state index is 0.549. The number of imidazole rings is 1. The molecule has 0 aliphatic heterocycles. The van der Waals surface area contributed by atoms with Gasteiger partial charge in [-0.25, -0.2) is 15.0 Å². The molecule has 1 atom stereocenters. The summed E-state index contributed by atoms with van der Waals surface area (Å²) in [7, 11) is 1.97. The molecule has 21 heavy (non-hydrogen) atoms. The van der Waals surface area contributed by atoms with Gasteiger partial charge in [0, 0.05) is 37.4 Å². The minimum atomic E-state index is 0.549. The van der Waals surface area contributed by atoms with Crippen molar-refractivity contribution in [2.45, 2.75) is 39.2 Å². The van der Waals surface area contributed by atoms with Gasteiger partial charge in [0.15, 0.2) is 11.6 Å². The third-order valence-corrected chi connectivity index (χ3v) is 4.09. The molecule has 1 aliphatic carbocycles. The first-order valence-electron chi connectivity index (χ1n) is 7.69. The summed E-state index contributed by atoms with van der Waals surface area (Å²) in [6.07, 6.45) is 9.02. The number of aryl methyl sites for hydroxylation is 2. The van der Waals surface area contributed by atoms with Gasteiger partial charge in [0.1, 0.15) is 0 Å². The summed E-state index contributed by atoms with van der Waals surface area (Å²) in [5.74, 6) is 2.27. The van der Waals surface area contributed by atoms with Crippen LogP contribution in [0.1, 0.15) is 31.5 Å². The Morgan fingerprint density at radius 2 is 2.24 bits per heavy atom. The molecule has 0 radical (unpaired) electrons. The highest BCUT2D eigenvalue weighted by Crippen LogP contribution is 2.25. The molecular formula is C16H23N5. The van der Waals surface area contributed by atoms with Crippen molar-refractivity contribution < 1.29 is 0 Å². The van der Waals surface area contributed by atoms with Crippen LogP contribution in [-0.2, 0) is 19.9 Å². The second-order valence-electron chi connectivity index (χ2n) is 6.20. The molecular weight excluding hydrogens is 262 g/mol. The average molecular weight is 285 g/mol. The molecule has 1 N–H and O–H groups in total. The summed E-state index contributed by atoms with van der Waals surface area (Å²) in [4.78, 5) is 13.6. The van der Waals surface area contributed by atoms with Gasteiger partial charge in [-0.3, -0.25) is 0 Å². The largest absolute Gasteiger partial charge is 0.331 e. The standard InChI is InChI=1S/C16H23N5/c1-11(2)18-9-12-4-5-14-13(8-12)10-19-15(20-14)16-17-6-7-21(16)3/h6-7,10-12,18H,4-5,8-9H2,1-3H3. The Labute approximate surface area is 125 Å². The fourth-order valence-electron chi connectivity index (χ4n) is 2.85. The van der Waals surface area contributed by atoms with Crippen LogP contribution in [-0.4, -0.2) is 32.1 Å². The number of nitrogens with one attached hydrogen (secondary N) is 1. The molecule has 2 heterocycles. The van der Waals surface area contributed by atoms with Crippen molar-refractivity contribution in [3.63, 3.8) is 0 Å². The van der Waals surface area contributed by atoms with Gasteiger partial charge in [0.25, 0.3) is 0 Å². The first-order chi connectivity index (χ1) is 10.1. The van der Waals surface area contributed by atoms with Crippen LogP contribution in [0.5, 0.6) is 0 Å². The van der Waals surface area contributed by atoms with Crippen molar-refractivity contribution in [1.82, 2.24) is 24.8 Å². The predicted octanol–water partition coefficient (Wildman–Crippen LogP) is 1.98. The van der Waals surface area contributed by atoms with Gasteiger partial charge in [-0.1, -0.05) is 13.8 Å². The van der Waals surface area contributed by atoms with Crippen LogP contribution in [0, 0.1) is 5.92 Å². The lowest BCUT2D eigenvalue weighted by atomic mass is 9.87. The SMILES string of the molecule is CC(C)NCC1CCc2nc(-c3nccn3C)ncc2C1. The maximum atomic E-state index is 4.73. The topological polar surface area (TPSA) is 55.6 Å². The van der Waals surface area contributed by atoms with Gasteiger partial charge < -0.3 is 9.88 Å². The van der Waals surface area contributed by atoms with E-state index in [1.165, 1.54) is 17.7 Å². The van der Waals surface area contributed by atoms with Crippen LogP contribution in [0.3, 0.4) is 0 Å². The van der Waals surface area contributed by atoms with E-state index in [2.05, 4.69) is 29.1 Å². The fraction of sp³-hybridized carbons (Fsp3) is 0.562. The van der Waals surface area contributed by atoms with E-state index in [9.17, 15) is 0 Å². The zero-order valence-electron chi connectivity index (χ0n) is 13.0. The summed E-state index contributed by atoms with van der Waals surface area (Å²) < 4.78 is 1.96. The highest BCUT2D eigenvalue weighted by Gasteiger charge is 2.21. The molecule has 2 aromatic rings. The Morgan fingerprint density at radius 1 is 1.38 bits per heavy atom. The van der Waals surface area contributed by atoms with Gasteiger partial charge in [-0.15, -0.1) is 0 Å². The Morgan fingerprint density at radius 3 is 2.95 bits per heavy atom. The van der Waals surface area contributed by atoms with Gasteiger partial charge >= 0.3 is 0 Å². The molecule has 0 amide bonds. The quantitative estimate of drug-likeness (QED) is 0.933. The Balaban J connectivity index is 1.75. The van der Waals surface area contributed by atoms with E-state index in [0.717, 1.165) is 31.0 Å². The van der Waals surface area contributed by atoms with E-state index >= 15 is 0 Å². The van der Waals surface area contributed by atoms with Gasteiger partial charge in [-0.2, -0.15) is 0 Å². The average Bonchev–Trinajstić information content (AvgIpc) is 2.90. The van der Waals surface area contributed by atoms with E-state index in [1.54, 1.807) is 6.20 Å². The highest BCUT2D eigenvalue weighted by molar-refractivity contribution is 5.44. The predicted molar refractivity (Wildman–Crippen MR) is 82.9 cm³/mol. The van der Waals surface area contributed by atoms with E-state index in [1.807, 2.05) is 24.0 Å². The molecule has 1 unspecified atom stereocenters. The minimum Gasteiger partial charge on any atom is -0.331 e. The van der Waals surface area contributed by atoms with Crippen molar-refractivity contribution >= 4 is 0 Å². The number of nitrogens with zero attached hydrogens (tertiary/aromatic N) is 4. The summed E-state index contributed by atoms with van der Waals surface area (Å²) >= 11 is 0. The summed E-state index contributed by atoms with van der Waals surface area (Å²) in [6.45, 7) is 5.47. The van der Waals surface area contributed by atoms with Crippen LogP contribution in [0.25, 0.3) is 11.6 Å². The molecule has 5 heteroatoms. The second kappa shape index (κ2) is 5.93. The van der Waals surface area contributed by atoms with E-state index in [4.69, 9.17) is 4.98 Å². The van der Waals surface area contributed by atoms with Crippen LogP contribution >= 0.6 is 0 Å². The van der Waals surface area contributed by atoms with Crippen molar-refractivity contribution in [3.8, 4) is 11.6 Å². The molecule has 112 valence electrons. The first kappa shape index (κ1) is 14.2. The lowest BCUT2D eigenvalue weighted by molar-refractivity contribution is 0.402. The van der Waals surface area contributed by atoms with Gasteiger partial charge in [0.2, 0.25) is 0 Å². The van der Waals surface area contributed by atoms with E-state index < -0.39 is 0 Å². The van der Waals surface area contributed by atoms with Crippen LogP contribution in [0.4, 0.5) is 0 Å². The fourth-order valence-corrected chi connectivity index (χ4v) is 2.85. The van der Waals surface area contributed by atoms with Crippen molar-refractivity contribution in [2.75, 3.05) is 6.54 Å². The highest BCUT2D eigenvalue weighted by atomic mass is 15.1. The molecule has 0 spiro atoms. The van der Waals surface area contributed by atoms with Crippen molar-refractivity contribution in [1.29, 1.82) is 0 Å². The van der Waals surface area contributed by atoms with Gasteiger partial charge in [0.05, 0.1) is 0 Å². The number of fused-ring (bicyclic) bond motifs is 1. The summed E-state index contributed by atoms with van der Waals surface area (Å²) in [6, 6.07) is 0.549. The maximum absolute atomic E-state index is 4.73. The Hall–Kier alpha value is -1.75. The van der Waals surface area contributed by atoms with E-state index in [0.29, 0.717) is 12.0 Å². The van der Waals surface area contributed by atoms with Gasteiger partial charge in [-0.05, 0) is 37.3 Å². The number of hydrogen-bond donors (Lipinski definition) is 1.